The normalized spacial score (nSPS) is 13.5. The van der Waals surface area contributed by atoms with Gasteiger partial charge < -0.3 is 15.0 Å². The lowest BCUT2D eigenvalue weighted by molar-refractivity contribution is -0.118. The van der Waals surface area contributed by atoms with Crippen LogP contribution in [0.1, 0.15) is 28.8 Å². The van der Waals surface area contributed by atoms with Gasteiger partial charge >= 0.3 is 0 Å². The number of rotatable bonds is 5. The fraction of sp³-hybridized carbons (Fsp3) is 0.300. The van der Waals surface area contributed by atoms with Crippen LogP contribution in [0, 0.1) is 6.92 Å². The van der Waals surface area contributed by atoms with Gasteiger partial charge in [0.15, 0.2) is 6.61 Å². The molecule has 1 N–H and O–H groups in total. The van der Waals surface area contributed by atoms with Gasteiger partial charge in [0, 0.05) is 29.4 Å². The molecule has 2 aromatic rings. The monoisotopic (exact) mass is 372 g/mol. The molecule has 1 fully saturated rings. The number of hydrogen-bond acceptors (Lipinski definition) is 3. The number of benzene rings is 2. The molecule has 1 aliphatic rings. The number of likely N-dealkylation sites (tertiary alicyclic amines) is 1. The van der Waals surface area contributed by atoms with Crippen LogP contribution in [0.3, 0.4) is 0 Å². The van der Waals surface area contributed by atoms with Crippen molar-refractivity contribution in [2.45, 2.75) is 19.8 Å². The van der Waals surface area contributed by atoms with Crippen molar-refractivity contribution < 1.29 is 14.3 Å². The second kappa shape index (κ2) is 8.23. The maximum atomic E-state index is 12.3. The lowest BCUT2D eigenvalue weighted by atomic mass is 10.2. The standard InChI is InChI=1S/C20H21ClN2O3/c1-14-12-16(21)6-9-18(14)26-13-19(24)22-17-7-4-15(5-8-17)20(25)23-10-2-3-11-23/h4-9,12H,2-3,10-11,13H2,1H3,(H,22,24). The van der Waals surface area contributed by atoms with E-state index in [-0.39, 0.29) is 18.4 Å². The molecule has 1 saturated heterocycles. The molecule has 6 heteroatoms. The highest BCUT2D eigenvalue weighted by Crippen LogP contribution is 2.22. The fourth-order valence-electron chi connectivity index (χ4n) is 2.91. The molecular weight excluding hydrogens is 352 g/mol. The Hall–Kier alpha value is -2.53. The van der Waals surface area contributed by atoms with Crippen LogP contribution in [0.2, 0.25) is 5.02 Å². The number of nitrogens with one attached hydrogen (secondary N) is 1. The first kappa shape index (κ1) is 18.3. The summed E-state index contributed by atoms with van der Waals surface area (Å²) in [5.74, 6) is 0.399. The van der Waals surface area contributed by atoms with Crippen LogP contribution in [0.25, 0.3) is 0 Å². The highest BCUT2D eigenvalue weighted by atomic mass is 35.5. The average molecular weight is 373 g/mol. The number of anilines is 1. The summed E-state index contributed by atoms with van der Waals surface area (Å²) in [4.78, 5) is 26.2. The maximum absolute atomic E-state index is 12.3. The zero-order valence-electron chi connectivity index (χ0n) is 14.6. The Morgan fingerprint density at radius 1 is 1.12 bits per heavy atom. The Morgan fingerprint density at radius 2 is 1.81 bits per heavy atom. The summed E-state index contributed by atoms with van der Waals surface area (Å²) in [5, 5.41) is 3.39. The minimum Gasteiger partial charge on any atom is -0.483 e. The predicted molar refractivity (Wildman–Crippen MR) is 102 cm³/mol. The maximum Gasteiger partial charge on any atom is 0.262 e. The van der Waals surface area contributed by atoms with Gasteiger partial charge in [-0.1, -0.05) is 11.6 Å². The smallest absolute Gasteiger partial charge is 0.262 e. The van der Waals surface area contributed by atoms with Crippen molar-refractivity contribution in [1.29, 1.82) is 0 Å². The molecule has 0 aromatic heterocycles. The van der Waals surface area contributed by atoms with Crippen molar-refractivity contribution in [1.82, 2.24) is 4.90 Å². The van der Waals surface area contributed by atoms with E-state index in [1.54, 1.807) is 42.5 Å². The summed E-state index contributed by atoms with van der Waals surface area (Å²) in [7, 11) is 0. The van der Waals surface area contributed by atoms with Gasteiger partial charge in [0.25, 0.3) is 11.8 Å². The van der Waals surface area contributed by atoms with Crippen molar-refractivity contribution in [3.63, 3.8) is 0 Å². The molecule has 5 nitrogen and oxygen atoms in total. The lowest BCUT2D eigenvalue weighted by Gasteiger charge is -2.15. The molecule has 0 aliphatic carbocycles. The SMILES string of the molecule is Cc1cc(Cl)ccc1OCC(=O)Nc1ccc(C(=O)N2CCCC2)cc1. The first-order chi connectivity index (χ1) is 12.5. The molecule has 0 atom stereocenters. The number of amides is 2. The highest BCUT2D eigenvalue weighted by molar-refractivity contribution is 6.30. The van der Waals surface area contributed by atoms with E-state index in [9.17, 15) is 9.59 Å². The van der Waals surface area contributed by atoms with Gasteiger partial charge in [-0.05, 0) is 67.8 Å². The van der Waals surface area contributed by atoms with Gasteiger partial charge in [-0.25, -0.2) is 0 Å². The van der Waals surface area contributed by atoms with E-state index in [1.807, 2.05) is 11.8 Å². The number of carbonyl (C=O) groups is 2. The Balaban J connectivity index is 1.53. The molecule has 1 heterocycles. The number of carbonyl (C=O) groups excluding carboxylic acids is 2. The molecule has 1 aliphatic heterocycles. The Morgan fingerprint density at radius 3 is 2.46 bits per heavy atom. The van der Waals surface area contributed by atoms with E-state index >= 15 is 0 Å². The summed E-state index contributed by atoms with van der Waals surface area (Å²) in [6, 6.07) is 12.2. The second-order valence-corrected chi connectivity index (χ2v) is 6.76. The Kier molecular flexibility index (Phi) is 5.78. The summed E-state index contributed by atoms with van der Waals surface area (Å²) in [6.07, 6.45) is 2.12. The van der Waals surface area contributed by atoms with Gasteiger partial charge in [0.1, 0.15) is 5.75 Å². The predicted octanol–water partition coefficient (Wildman–Crippen LogP) is 3.90. The molecule has 0 bridgehead atoms. The minimum absolute atomic E-state index is 0.0434. The van der Waals surface area contributed by atoms with Crippen molar-refractivity contribution >= 4 is 29.1 Å². The molecule has 2 aromatic carbocycles. The molecular formula is C20H21ClN2O3. The average Bonchev–Trinajstić information content (AvgIpc) is 3.16. The summed E-state index contributed by atoms with van der Waals surface area (Å²) >= 11 is 5.90. The third-order valence-corrected chi connectivity index (χ3v) is 4.54. The van der Waals surface area contributed by atoms with Crippen molar-refractivity contribution in [3.8, 4) is 5.75 Å². The molecule has 0 radical (unpaired) electrons. The Bertz CT molecular complexity index is 799. The van der Waals surface area contributed by atoms with Crippen LogP contribution >= 0.6 is 11.6 Å². The molecule has 0 saturated carbocycles. The molecule has 2 amide bonds. The molecule has 0 unspecified atom stereocenters. The van der Waals surface area contributed by atoms with Crippen molar-refractivity contribution in [2.75, 3.05) is 25.0 Å². The number of halogens is 1. The third kappa shape index (κ3) is 4.55. The molecule has 26 heavy (non-hydrogen) atoms. The van der Waals surface area contributed by atoms with Crippen molar-refractivity contribution in [3.05, 3.63) is 58.6 Å². The van der Waals surface area contributed by atoms with Gasteiger partial charge in [0.2, 0.25) is 0 Å². The van der Waals surface area contributed by atoms with Crippen LogP contribution in [0.15, 0.2) is 42.5 Å². The lowest BCUT2D eigenvalue weighted by Crippen LogP contribution is -2.27. The van der Waals surface area contributed by atoms with E-state index in [4.69, 9.17) is 16.3 Å². The van der Waals surface area contributed by atoms with Crippen LogP contribution in [-0.4, -0.2) is 36.4 Å². The van der Waals surface area contributed by atoms with Crippen LogP contribution < -0.4 is 10.1 Å². The van der Waals surface area contributed by atoms with Crippen LogP contribution in [-0.2, 0) is 4.79 Å². The van der Waals surface area contributed by atoms with E-state index in [2.05, 4.69) is 5.32 Å². The van der Waals surface area contributed by atoms with Gasteiger partial charge in [0.05, 0.1) is 0 Å². The highest BCUT2D eigenvalue weighted by Gasteiger charge is 2.19. The second-order valence-electron chi connectivity index (χ2n) is 6.32. The molecule has 3 rings (SSSR count). The molecule has 136 valence electrons. The van der Waals surface area contributed by atoms with E-state index in [0.717, 1.165) is 31.5 Å². The zero-order valence-corrected chi connectivity index (χ0v) is 15.4. The van der Waals surface area contributed by atoms with E-state index in [1.165, 1.54) is 0 Å². The van der Waals surface area contributed by atoms with Gasteiger partial charge in [-0.15, -0.1) is 0 Å². The fourth-order valence-corrected chi connectivity index (χ4v) is 3.14. The number of nitrogens with zero attached hydrogens (tertiary/aromatic N) is 1. The van der Waals surface area contributed by atoms with Crippen LogP contribution in [0.5, 0.6) is 5.75 Å². The largest absolute Gasteiger partial charge is 0.483 e. The summed E-state index contributed by atoms with van der Waals surface area (Å²) in [5.41, 5.74) is 2.14. The van der Waals surface area contributed by atoms with E-state index < -0.39 is 0 Å². The minimum atomic E-state index is -0.266. The van der Waals surface area contributed by atoms with Crippen molar-refractivity contribution in [2.24, 2.45) is 0 Å². The first-order valence-electron chi connectivity index (χ1n) is 8.61. The third-order valence-electron chi connectivity index (χ3n) is 4.30. The number of aryl methyl sites for hydroxylation is 1. The Labute approximate surface area is 157 Å². The van der Waals surface area contributed by atoms with Crippen LogP contribution in [0.4, 0.5) is 5.69 Å². The molecule has 0 spiro atoms. The summed E-state index contributed by atoms with van der Waals surface area (Å²) < 4.78 is 5.52. The number of ether oxygens (including phenoxy) is 1. The first-order valence-corrected chi connectivity index (χ1v) is 8.99. The topological polar surface area (TPSA) is 58.6 Å². The number of hydrogen-bond donors (Lipinski definition) is 1. The summed E-state index contributed by atoms with van der Waals surface area (Å²) in [6.45, 7) is 3.41. The van der Waals surface area contributed by atoms with Gasteiger partial charge in [-0.2, -0.15) is 0 Å². The van der Waals surface area contributed by atoms with Gasteiger partial charge in [-0.3, -0.25) is 9.59 Å². The van der Waals surface area contributed by atoms with E-state index in [0.29, 0.717) is 22.0 Å². The zero-order chi connectivity index (χ0) is 18.5. The quantitative estimate of drug-likeness (QED) is 0.865.